The van der Waals surface area contributed by atoms with Crippen molar-refractivity contribution < 1.29 is 0 Å². The Bertz CT molecular complexity index is 510. The summed E-state index contributed by atoms with van der Waals surface area (Å²) in [4.78, 5) is 0. The van der Waals surface area contributed by atoms with Gasteiger partial charge in [0.15, 0.2) is 0 Å². The van der Waals surface area contributed by atoms with E-state index in [4.69, 9.17) is 0 Å². The lowest BCUT2D eigenvalue weighted by Crippen LogP contribution is -2.30. The summed E-state index contributed by atoms with van der Waals surface area (Å²) < 4.78 is 3.89. The zero-order valence-electron chi connectivity index (χ0n) is 9.51. The average molecular weight is 217 g/mol. The average Bonchev–Trinajstić information content (AvgIpc) is 2.86. The molecule has 5 nitrogen and oxygen atoms in total. The molecule has 2 aromatic rings. The van der Waals surface area contributed by atoms with Gasteiger partial charge in [0.1, 0.15) is 0 Å². The van der Waals surface area contributed by atoms with Crippen molar-refractivity contribution in [2.45, 2.75) is 12.5 Å². The first-order chi connectivity index (χ1) is 7.77. The van der Waals surface area contributed by atoms with E-state index in [9.17, 15) is 0 Å². The first kappa shape index (κ1) is 9.59. The van der Waals surface area contributed by atoms with Crippen molar-refractivity contribution in [3.63, 3.8) is 0 Å². The van der Waals surface area contributed by atoms with Crippen LogP contribution in [-0.4, -0.2) is 26.1 Å². The molecule has 0 amide bonds. The van der Waals surface area contributed by atoms with E-state index in [1.165, 1.54) is 17.0 Å². The highest BCUT2D eigenvalue weighted by atomic mass is 15.3. The zero-order chi connectivity index (χ0) is 11.1. The number of hydrogen-bond acceptors (Lipinski definition) is 3. The summed E-state index contributed by atoms with van der Waals surface area (Å²) in [6, 6.07) is 2.08. The van der Waals surface area contributed by atoms with Crippen molar-refractivity contribution in [1.29, 1.82) is 0 Å². The molecule has 0 bridgehead atoms. The monoisotopic (exact) mass is 217 g/mol. The van der Waals surface area contributed by atoms with Gasteiger partial charge in [-0.1, -0.05) is 0 Å². The predicted octanol–water partition coefficient (Wildman–Crippen LogP) is 0.389. The van der Waals surface area contributed by atoms with E-state index in [-0.39, 0.29) is 0 Å². The summed E-state index contributed by atoms with van der Waals surface area (Å²) in [6.45, 7) is 1.86. The van der Waals surface area contributed by atoms with Crippen LogP contribution in [-0.2, 0) is 20.6 Å². The van der Waals surface area contributed by atoms with Gasteiger partial charge in [-0.3, -0.25) is 9.36 Å². The topological polar surface area (TPSA) is 47.7 Å². The highest BCUT2D eigenvalue weighted by Crippen LogP contribution is 2.28. The molecule has 1 aliphatic rings. The van der Waals surface area contributed by atoms with Crippen molar-refractivity contribution >= 4 is 0 Å². The molecule has 16 heavy (non-hydrogen) atoms. The molecule has 3 heterocycles. The van der Waals surface area contributed by atoms with Gasteiger partial charge in [0.25, 0.3) is 0 Å². The van der Waals surface area contributed by atoms with Gasteiger partial charge < -0.3 is 5.32 Å². The van der Waals surface area contributed by atoms with E-state index in [0.717, 1.165) is 13.1 Å². The fraction of sp³-hybridized carbons (Fsp3) is 0.455. The van der Waals surface area contributed by atoms with Gasteiger partial charge in [-0.25, -0.2) is 0 Å². The minimum atomic E-state index is 0.366. The molecule has 1 atom stereocenters. The van der Waals surface area contributed by atoms with Crippen molar-refractivity contribution in [3.8, 4) is 0 Å². The van der Waals surface area contributed by atoms with E-state index in [1.807, 2.05) is 35.9 Å². The van der Waals surface area contributed by atoms with Crippen LogP contribution >= 0.6 is 0 Å². The molecule has 3 rings (SSSR count). The molecule has 0 fully saturated rings. The first-order valence-electron chi connectivity index (χ1n) is 5.46. The molecule has 5 heteroatoms. The molecular formula is C11H15N5. The van der Waals surface area contributed by atoms with Crippen LogP contribution in [0.1, 0.15) is 22.9 Å². The molecule has 0 aliphatic carbocycles. The second-order valence-corrected chi connectivity index (χ2v) is 4.23. The van der Waals surface area contributed by atoms with Gasteiger partial charge in [0.05, 0.1) is 11.9 Å². The smallest absolute Gasteiger partial charge is 0.0558 e. The Morgan fingerprint density at radius 2 is 2.19 bits per heavy atom. The molecule has 1 aliphatic heterocycles. The highest BCUT2D eigenvalue weighted by Gasteiger charge is 2.26. The van der Waals surface area contributed by atoms with E-state index in [0.29, 0.717) is 5.92 Å². The number of nitrogens with zero attached hydrogens (tertiary/aromatic N) is 4. The Morgan fingerprint density at radius 1 is 1.31 bits per heavy atom. The summed E-state index contributed by atoms with van der Waals surface area (Å²) in [5.74, 6) is 0.366. The van der Waals surface area contributed by atoms with Gasteiger partial charge in [0, 0.05) is 50.6 Å². The van der Waals surface area contributed by atoms with Crippen LogP contribution in [0.2, 0.25) is 0 Å². The number of aromatic nitrogens is 4. The first-order valence-corrected chi connectivity index (χ1v) is 5.46. The second-order valence-electron chi connectivity index (χ2n) is 4.23. The molecule has 1 unspecified atom stereocenters. The molecule has 0 aromatic carbocycles. The predicted molar refractivity (Wildman–Crippen MR) is 60.0 cm³/mol. The zero-order valence-corrected chi connectivity index (χ0v) is 9.51. The Balaban J connectivity index is 2.08. The summed E-state index contributed by atoms with van der Waals surface area (Å²) in [5.41, 5.74) is 3.84. The van der Waals surface area contributed by atoms with Crippen LogP contribution in [0.25, 0.3) is 0 Å². The molecule has 0 radical (unpaired) electrons. The number of nitrogens with one attached hydrogen (secondary N) is 1. The van der Waals surface area contributed by atoms with Crippen molar-refractivity contribution in [2.75, 3.05) is 6.54 Å². The standard InChI is InChI=1S/C11H15N5/c1-15-10(3-4-13-15)8-5-12-7-11-9(8)6-14-16(11)2/h3-4,6,8,12H,5,7H2,1-2H3. The van der Waals surface area contributed by atoms with Crippen LogP contribution in [0, 0.1) is 0 Å². The van der Waals surface area contributed by atoms with E-state index >= 15 is 0 Å². The molecule has 0 spiro atoms. The Kier molecular flexibility index (Phi) is 2.07. The summed E-state index contributed by atoms with van der Waals surface area (Å²) >= 11 is 0. The maximum Gasteiger partial charge on any atom is 0.0558 e. The van der Waals surface area contributed by atoms with Gasteiger partial charge >= 0.3 is 0 Å². The lowest BCUT2D eigenvalue weighted by atomic mass is 9.93. The summed E-state index contributed by atoms with van der Waals surface area (Å²) in [6.07, 6.45) is 3.83. The van der Waals surface area contributed by atoms with Crippen molar-refractivity contribution in [2.24, 2.45) is 14.1 Å². The highest BCUT2D eigenvalue weighted by molar-refractivity contribution is 5.33. The molecule has 0 saturated carbocycles. The number of fused-ring (bicyclic) bond motifs is 1. The van der Waals surface area contributed by atoms with Crippen LogP contribution in [0.15, 0.2) is 18.5 Å². The number of aryl methyl sites for hydroxylation is 2. The Labute approximate surface area is 94.1 Å². The van der Waals surface area contributed by atoms with E-state index in [2.05, 4.69) is 21.6 Å². The minimum Gasteiger partial charge on any atom is -0.310 e. The van der Waals surface area contributed by atoms with E-state index < -0.39 is 0 Å². The molecule has 1 N–H and O–H groups in total. The fourth-order valence-electron chi connectivity index (χ4n) is 2.42. The Hall–Kier alpha value is -1.62. The third kappa shape index (κ3) is 1.28. The fourth-order valence-corrected chi connectivity index (χ4v) is 2.42. The van der Waals surface area contributed by atoms with Crippen LogP contribution in [0.5, 0.6) is 0 Å². The van der Waals surface area contributed by atoms with Gasteiger partial charge in [-0.15, -0.1) is 0 Å². The van der Waals surface area contributed by atoms with Crippen LogP contribution < -0.4 is 5.32 Å². The second kappa shape index (κ2) is 3.45. The third-order valence-electron chi connectivity index (χ3n) is 3.33. The number of hydrogen-bond donors (Lipinski definition) is 1. The summed E-state index contributed by atoms with van der Waals surface area (Å²) in [5, 5.41) is 12.0. The normalized spacial score (nSPS) is 19.8. The van der Waals surface area contributed by atoms with E-state index in [1.54, 1.807) is 0 Å². The third-order valence-corrected chi connectivity index (χ3v) is 3.33. The van der Waals surface area contributed by atoms with Crippen molar-refractivity contribution in [3.05, 3.63) is 35.4 Å². The van der Waals surface area contributed by atoms with Gasteiger partial charge in [0.2, 0.25) is 0 Å². The quantitative estimate of drug-likeness (QED) is 0.751. The van der Waals surface area contributed by atoms with Crippen molar-refractivity contribution in [1.82, 2.24) is 24.9 Å². The lowest BCUT2D eigenvalue weighted by Gasteiger charge is -2.23. The summed E-state index contributed by atoms with van der Waals surface area (Å²) in [7, 11) is 3.98. The SMILES string of the molecule is Cn1nccc1C1CNCc2c1cnn2C. The number of rotatable bonds is 1. The molecular weight excluding hydrogens is 202 g/mol. The largest absolute Gasteiger partial charge is 0.310 e. The maximum absolute atomic E-state index is 4.34. The van der Waals surface area contributed by atoms with Gasteiger partial charge in [-0.2, -0.15) is 10.2 Å². The van der Waals surface area contributed by atoms with Crippen LogP contribution in [0.4, 0.5) is 0 Å². The van der Waals surface area contributed by atoms with Gasteiger partial charge in [-0.05, 0) is 6.07 Å². The van der Waals surface area contributed by atoms with Crippen LogP contribution in [0.3, 0.4) is 0 Å². The lowest BCUT2D eigenvalue weighted by molar-refractivity contribution is 0.535. The Morgan fingerprint density at radius 3 is 2.94 bits per heavy atom. The molecule has 84 valence electrons. The molecule has 2 aromatic heterocycles. The maximum atomic E-state index is 4.34. The minimum absolute atomic E-state index is 0.366. The molecule has 0 saturated heterocycles.